The fourth-order valence-electron chi connectivity index (χ4n) is 4.68. The van der Waals surface area contributed by atoms with E-state index in [1.165, 1.54) is 116 Å². The van der Waals surface area contributed by atoms with Crippen molar-refractivity contribution in [1.82, 2.24) is 0 Å². The third-order valence-electron chi connectivity index (χ3n) is 6.93. The molecule has 33 heavy (non-hydrogen) atoms. The molecule has 0 amide bonds. The summed E-state index contributed by atoms with van der Waals surface area (Å²) in [6.07, 6.45) is 27.1. The zero-order chi connectivity index (χ0) is 24.8. The number of aliphatic hydroxyl groups is 1. The Morgan fingerprint density at radius 3 is 1.21 bits per heavy atom. The minimum atomic E-state index is -4.43. The molecule has 5 nitrogen and oxygen atoms in total. The third kappa shape index (κ3) is 22.1. The van der Waals surface area contributed by atoms with Crippen molar-refractivity contribution >= 4 is 10.1 Å². The van der Waals surface area contributed by atoms with Crippen molar-refractivity contribution in [1.29, 1.82) is 0 Å². The van der Waals surface area contributed by atoms with Gasteiger partial charge >= 0.3 is 0 Å². The maximum absolute atomic E-state index is 11.2. The molecule has 1 unspecified atom stereocenters. The van der Waals surface area contributed by atoms with Crippen molar-refractivity contribution < 1.29 is 22.6 Å². The van der Waals surface area contributed by atoms with Gasteiger partial charge in [0.2, 0.25) is 0 Å². The van der Waals surface area contributed by atoms with Crippen LogP contribution in [0.25, 0.3) is 0 Å². The van der Waals surface area contributed by atoms with Gasteiger partial charge in [-0.2, -0.15) is 0 Å². The van der Waals surface area contributed by atoms with Crippen LogP contribution in [0.1, 0.15) is 135 Å². The van der Waals surface area contributed by atoms with Crippen molar-refractivity contribution in [2.45, 2.75) is 141 Å². The van der Waals surface area contributed by atoms with Gasteiger partial charge in [-0.05, 0) is 12.8 Å². The Morgan fingerprint density at radius 1 is 0.636 bits per heavy atom. The minimum Gasteiger partial charge on any atom is -0.747 e. The predicted molar refractivity (Wildman–Crippen MR) is 140 cm³/mol. The molecule has 200 valence electrons. The number of aliphatic hydroxyl groups excluding tert-OH is 1. The highest BCUT2D eigenvalue weighted by atomic mass is 32.2. The van der Waals surface area contributed by atoms with E-state index < -0.39 is 22.0 Å². The largest absolute Gasteiger partial charge is 0.747 e. The molecule has 6 heteroatoms. The molecule has 0 aliphatic rings. The number of unbranched alkanes of at least 4 members (excludes halogenated alkanes) is 19. The molecule has 0 heterocycles. The lowest BCUT2D eigenvalue weighted by Gasteiger charge is -2.33. The van der Waals surface area contributed by atoms with Gasteiger partial charge in [-0.15, -0.1) is 0 Å². The maximum atomic E-state index is 11.2. The summed E-state index contributed by atoms with van der Waals surface area (Å²) in [6.45, 7) is 2.71. The molecule has 0 rings (SSSR count). The summed E-state index contributed by atoms with van der Waals surface area (Å²) < 4.78 is 34.0. The predicted octanol–water partition coefficient (Wildman–Crippen LogP) is 6.79. The van der Waals surface area contributed by atoms with E-state index in [4.69, 9.17) is 0 Å². The summed E-state index contributed by atoms with van der Waals surface area (Å²) in [6, 6.07) is 0. The second kappa shape index (κ2) is 21.1. The minimum absolute atomic E-state index is 0.182. The van der Waals surface area contributed by atoms with E-state index in [0.29, 0.717) is 4.48 Å². The van der Waals surface area contributed by atoms with Crippen LogP contribution in [-0.4, -0.2) is 61.6 Å². The second-order valence-corrected chi connectivity index (χ2v) is 12.5. The molecule has 0 aromatic rings. The molecule has 0 fully saturated rings. The Morgan fingerprint density at radius 2 is 0.939 bits per heavy atom. The Bertz CT molecular complexity index is 522. The van der Waals surface area contributed by atoms with E-state index in [-0.39, 0.29) is 6.54 Å². The van der Waals surface area contributed by atoms with Crippen molar-refractivity contribution in [3.8, 4) is 0 Å². The van der Waals surface area contributed by atoms with Crippen LogP contribution >= 0.6 is 0 Å². The number of quaternary nitrogens is 1. The van der Waals surface area contributed by atoms with Gasteiger partial charge in [0, 0.05) is 0 Å². The maximum Gasteiger partial charge on any atom is 0.121 e. The van der Waals surface area contributed by atoms with Crippen molar-refractivity contribution in [3.05, 3.63) is 0 Å². The average molecular weight is 492 g/mol. The smallest absolute Gasteiger partial charge is 0.121 e. The van der Waals surface area contributed by atoms with Crippen LogP contribution in [0.2, 0.25) is 0 Å². The Kier molecular flexibility index (Phi) is 21.0. The van der Waals surface area contributed by atoms with Crippen LogP contribution in [0.5, 0.6) is 0 Å². The van der Waals surface area contributed by atoms with Gasteiger partial charge in [-0.1, -0.05) is 122 Å². The molecule has 0 bridgehead atoms. The molecule has 1 N–H and O–H groups in total. The van der Waals surface area contributed by atoms with Crippen LogP contribution in [0.15, 0.2) is 0 Å². The Hall–Kier alpha value is -0.170. The summed E-state index contributed by atoms with van der Waals surface area (Å²) in [4.78, 5) is 0. The van der Waals surface area contributed by atoms with Crippen molar-refractivity contribution in [3.63, 3.8) is 0 Å². The molecule has 0 aromatic heterocycles. The summed E-state index contributed by atoms with van der Waals surface area (Å²) >= 11 is 0. The van der Waals surface area contributed by atoms with E-state index in [0.717, 1.165) is 19.4 Å². The standard InChI is InChI=1S/C27H57NO4S/c1-4-5-6-7-8-9-10-11-12-13-14-15-16-17-18-19-20-21-22-23-24-28(2,3)25-27(26-29)33(30,31)32/h27,29H,4-26H2,1-3H3. The highest BCUT2D eigenvalue weighted by Gasteiger charge is 2.25. The van der Waals surface area contributed by atoms with E-state index in [9.17, 15) is 18.1 Å². The first-order valence-corrected chi connectivity index (χ1v) is 15.6. The van der Waals surface area contributed by atoms with Gasteiger partial charge in [0.15, 0.2) is 0 Å². The van der Waals surface area contributed by atoms with E-state index in [1.54, 1.807) is 0 Å². The van der Waals surface area contributed by atoms with Crippen molar-refractivity contribution in [2.75, 3.05) is 33.8 Å². The lowest BCUT2D eigenvalue weighted by atomic mass is 10.0. The zero-order valence-corrected chi connectivity index (χ0v) is 23.2. The lowest BCUT2D eigenvalue weighted by Crippen LogP contribution is -2.49. The molecule has 0 aliphatic heterocycles. The zero-order valence-electron chi connectivity index (χ0n) is 22.4. The second-order valence-electron chi connectivity index (χ2n) is 10.9. The fourth-order valence-corrected chi connectivity index (χ4v) is 5.45. The van der Waals surface area contributed by atoms with E-state index in [2.05, 4.69) is 6.92 Å². The molecular formula is C27H57NO4S. The lowest BCUT2D eigenvalue weighted by molar-refractivity contribution is -0.890. The van der Waals surface area contributed by atoms with E-state index in [1.807, 2.05) is 14.1 Å². The van der Waals surface area contributed by atoms with E-state index >= 15 is 0 Å². The highest BCUT2D eigenvalue weighted by Crippen LogP contribution is 2.15. The van der Waals surface area contributed by atoms with Gasteiger partial charge < -0.3 is 14.1 Å². The first kappa shape index (κ1) is 32.8. The molecule has 1 atom stereocenters. The van der Waals surface area contributed by atoms with Gasteiger partial charge in [-0.25, -0.2) is 8.42 Å². The summed E-state index contributed by atoms with van der Waals surface area (Å²) in [5.41, 5.74) is 0. The summed E-state index contributed by atoms with van der Waals surface area (Å²) in [5.74, 6) is 0. The quantitative estimate of drug-likeness (QED) is 0.0866. The monoisotopic (exact) mass is 491 g/mol. The normalized spacial score (nSPS) is 13.5. The first-order valence-electron chi connectivity index (χ1n) is 14.1. The molecule has 0 aliphatic carbocycles. The van der Waals surface area contributed by atoms with Crippen LogP contribution in [0.3, 0.4) is 0 Å². The van der Waals surface area contributed by atoms with Crippen LogP contribution in [0, 0.1) is 0 Å². The SMILES string of the molecule is CCCCCCCCCCCCCCCCCCCCCC[N+](C)(C)CC(CO)S(=O)(=O)[O-]. The highest BCUT2D eigenvalue weighted by molar-refractivity contribution is 7.86. The molecule has 0 aromatic carbocycles. The van der Waals surface area contributed by atoms with Gasteiger partial charge in [0.1, 0.15) is 15.4 Å². The average Bonchev–Trinajstić information content (AvgIpc) is 2.75. The van der Waals surface area contributed by atoms with Crippen LogP contribution in [0.4, 0.5) is 0 Å². The molecule has 0 saturated carbocycles. The Labute approximate surface area is 207 Å². The first-order chi connectivity index (χ1) is 15.7. The molecule has 0 radical (unpaired) electrons. The van der Waals surface area contributed by atoms with Crippen LogP contribution in [-0.2, 0) is 10.1 Å². The number of hydrogen-bond donors (Lipinski definition) is 1. The topological polar surface area (TPSA) is 77.4 Å². The number of nitrogens with zero attached hydrogens (tertiary/aromatic N) is 1. The Balaban J connectivity index is 3.38. The van der Waals surface area contributed by atoms with Crippen LogP contribution < -0.4 is 0 Å². The molecule has 0 spiro atoms. The van der Waals surface area contributed by atoms with Gasteiger partial charge in [0.05, 0.1) is 33.8 Å². The van der Waals surface area contributed by atoms with Crippen molar-refractivity contribution in [2.24, 2.45) is 0 Å². The number of hydrogen-bond acceptors (Lipinski definition) is 4. The molecule has 0 saturated heterocycles. The fraction of sp³-hybridized carbons (Fsp3) is 1.00. The number of rotatable bonds is 25. The summed E-state index contributed by atoms with van der Waals surface area (Å²) in [5, 5.41) is 7.98. The third-order valence-corrected chi connectivity index (χ3v) is 8.04. The molecular weight excluding hydrogens is 434 g/mol. The van der Waals surface area contributed by atoms with Gasteiger partial charge in [0.25, 0.3) is 0 Å². The summed E-state index contributed by atoms with van der Waals surface area (Å²) in [7, 11) is -0.560. The van der Waals surface area contributed by atoms with Gasteiger partial charge in [-0.3, -0.25) is 0 Å².